The number of imide groups is 1. The number of carbonyl (C=O) groups excluding carboxylic acids is 3. The number of rotatable bonds is 17. The number of nitrogens with zero attached hydrogens (tertiary/aromatic N) is 1. The molecule has 6 heteroatoms. The Labute approximate surface area is 247 Å². The number of hydrogen-bond acceptors (Lipinski definition) is 4. The van der Waals surface area contributed by atoms with E-state index >= 15 is 0 Å². The van der Waals surface area contributed by atoms with Crippen LogP contribution in [0.1, 0.15) is 78.4 Å². The molecule has 5 nitrogen and oxygen atoms in total. The van der Waals surface area contributed by atoms with Gasteiger partial charge in [-0.15, -0.1) is 0 Å². The second-order valence-corrected chi connectivity index (χ2v) is 10.6. The van der Waals surface area contributed by atoms with Crippen LogP contribution in [-0.2, 0) is 27.4 Å². The van der Waals surface area contributed by atoms with E-state index in [1.165, 1.54) is 93.0 Å². The van der Waals surface area contributed by atoms with Crippen LogP contribution in [0.2, 0.25) is 0 Å². The molecule has 0 radical (unpaired) electrons. The van der Waals surface area contributed by atoms with Gasteiger partial charge in [0.15, 0.2) is 5.78 Å². The van der Waals surface area contributed by atoms with E-state index in [4.69, 9.17) is 4.74 Å². The van der Waals surface area contributed by atoms with Gasteiger partial charge in [-0.05, 0) is 78.4 Å². The highest BCUT2D eigenvalue weighted by Gasteiger charge is 2.24. The summed E-state index contributed by atoms with van der Waals surface area (Å²) in [6, 6.07) is 21.2. The van der Waals surface area contributed by atoms with E-state index in [1.54, 1.807) is 18.2 Å². The smallest absolute Gasteiger partial charge is 0.258 e. The number of ketones is 1. The fourth-order valence-corrected chi connectivity index (χ4v) is 4.86. The number of aryl methyl sites for hydroxylation is 1. The number of carbonyl (C=O) groups is 3. The van der Waals surface area contributed by atoms with E-state index in [9.17, 15) is 18.8 Å². The molecule has 0 aliphatic carbocycles. The molecule has 4 rings (SSSR count). The van der Waals surface area contributed by atoms with Gasteiger partial charge in [-0.3, -0.25) is 14.4 Å². The monoisotopic (exact) mass is 567 g/mol. The SMILES string of the molecule is O=C(/C=C/c1ccc(CCCCCCCCCCOCc2ccc(N3C(=O)C=CC3=O)cc2)cc1)c1ccc(F)cc1. The number of amides is 2. The summed E-state index contributed by atoms with van der Waals surface area (Å²) >= 11 is 0. The number of hydrogen-bond donors (Lipinski definition) is 0. The minimum absolute atomic E-state index is 0.137. The molecular weight excluding hydrogens is 529 g/mol. The molecule has 42 heavy (non-hydrogen) atoms. The summed E-state index contributed by atoms with van der Waals surface area (Å²) in [6.45, 7) is 1.25. The molecule has 0 fully saturated rings. The van der Waals surface area contributed by atoms with Gasteiger partial charge >= 0.3 is 0 Å². The summed E-state index contributed by atoms with van der Waals surface area (Å²) in [6.07, 6.45) is 16.6. The highest BCUT2D eigenvalue weighted by atomic mass is 19.1. The predicted octanol–water partition coefficient (Wildman–Crippen LogP) is 8.03. The zero-order valence-electron chi connectivity index (χ0n) is 24.0. The summed E-state index contributed by atoms with van der Waals surface area (Å²) in [5.41, 5.74) is 4.36. The molecular formula is C36H38FNO4. The molecule has 0 unspecified atom stereocenters. The van der Waals surface area contributed by atoms with Gasteiger partial charge in [0, 0.05) is 24.3 Å². The minimum atomic E-state index is -0.348. The third-order valence-corrected chi connectivity index (χ3v) is 7.31. The van der Waals surface area contributed by atoms with Crippen LogP contribution < -0.4 is 4.90 Å². The second-order valence-electron chi connectivity index (χ2n) is 10.6. The highest BCUT2D eigenvalue weighted by Crippen LogP contribution is 2.20. The van der Waals surface area contributed by atoms with Gasteiger partial charge in [-0.25, -0.2) is 9.29 Å². The number of unbranched alkanes of at least 4 members (excludes halogenated alkanes) is 7. The molecule has 0 saturated heterocycles. The Morgan fingerprint density at radius 1 is 0.690 bits per heavy atom. The van der Waals surface area contributed by atoms with Crippen molar-refractivity contribution in [3.63, 3.8) is 0 Å². The maximum Gasteiger partial charge on any atom is 0.258 e. The Balaban J connectivity index is 0.982. The molecule has 1 aliphatic heterocycles. The highest BCUT2D eigenvalue weighted by molar-refractivity contribution is 6.28. The number of benzene rings is 3. The average Bonchev–Trinajstić information content (AvgIpc) is 3.35. The van der Waals surface area contributed by atoms with Crippen LogP contribution in [-0.4, -0.2) is 24.2 Å². The Hall–Kier alpha value is -4.16. The van der Waals surface area contributed by atoms with Crippen molar-refractivity contribution in [2.24, 2.45) is 0 Å². The van der Waals surface area contributed by atoms with E-state index in [0.717, 1.165) is 35.5 Å². The minimum Gasteiger partial charge on any atom is -0.377 e. The van der Waals surface area contributed by atoms with Crippen molar-refractivity contribution in [1.29, 1.82) is 0 Å². The number of halogens is 1. The van der Waals surface area contributed by atoms with Gasteiger partial charge < -0.3 is 4.74 Å². The van der Waals surface area contributed by atoms with Crippen LogP contribution in [0, 0.1) is 5.82 Å². The van der Waals surface area contributed by atoms with Gasteiger partial charge in [0.2, 0.25) is 0 Å². The van der Waals surface area contributed by atoms with Crippen LogP contribution in [0.4, 0.5) is 10.1 Å². The van der Waals surface area contributed by atoms with E-state index in [1.807, 2.05) is 24.3 Å². The lowest BCUT2D eigenvalue weighted by Crippen LogP contribution is -2.29. The standard InChI is InChI=1S/C36H38FNO4/c37-32-19-17-31(18-20-32)34(39)23-16-29-12-10-28(11-13-29)9-7-5-3-1-2-4-6-8-26-42-27-30-14-21-33(22-15-30)38-35(40)24-25-36(38)41/h10-25H,1-9,26-27H2/b23-16+. The molecule has 0 aromatic heterocycles. The topological polar surface area (TPSA) is 63.7 Å². The molecule has 3 aromatic carbocycles. The van der Waals surface area contributed by atoms with Crippen molar-refractivity contribution < 1.29 is 23.5 Å². The Morgan fingerprint density at radius 2 is 1.26 bits per heavy atom. The van der Waals surface area contributed by atoms with Gasteiger partial charge in [-0.2, -0.15) is 0 Å². The molecule has 0 saturated carbocycles. The van der Waals surface area contributed by atoms with Crippen molar-refractivity contribution >= 4 is 29.4 Å². The first-order chi connectivity index (χ1) is 20.5. The number of allylic oxidation sites excluding steroid dienone is 1. The maximum atomic E-state index is 13.0. The van der Waals surface area contributed by atoms with Gasteiger partial charge in [0.05, 0.1) is 12.3 Å². The molecule has 2 amide bonds. The first-order valence-corrected chi connectivity index (χ1v) is 14.8. The molecule has 0 N–H and O–H groups in total. The largest absolute Gasteiger partial charge is 0.377 e. The Kier molecular flexibility index (Phi) is 12.0. The second kappa shape index (κ2) is 16.3. The first-order valence-electron chi connectivity index (χ1n) is 14.8. The van der Waals surface area contributed by atoms with Crippen LogP contribution in [0.15, 0.2) is 91.0 Å². The lowest BCUT2D eigenvalue weighted by atomic mass is 10.0. The van der Waals surface area contributed by atoms with Crippen LogP contribution in [0.3, 0.4) is 0 Å². The molecule has 0 spiro atoms. The lowest BCUT2D eigenvalue weighted by molar-refractivity contribution is -0.119. The van der Waals surface area contributed by atoms with Crippen LogP contribution in [0.25, 0.3) is 6.08 Å². The fourth-order valence-electron chi connectivity index (χ4n) is 4.86. The number of anilines is 1. The summed E-state index contributed by atoms with van der Waals surface area (Å²) < 4.78 is 18.8. The maximum absolute atomic E-state index is 13.0. The van der Waals surface area contributed by atoms with E-state index in [0.29, 0.717) is 17.9 Å². The summed E-state index contributed by atoms with van der Waals surface area (Å²) in [5.74, 6) is -1.10. The van der Waals surface area contributed by atoms with Crippen molar-refractivity contribution in [3.05, 3.63) is 119 Å². The zero-order valence-corrected chi connectivity index (χ0v) is 24.0. The van der Waals surface area contributed by atoms with E-state index < -0.39 is 0 Å². The zero-order chi connectivity index (χ0) is 29.6. The third-order valence-electron chi connectivity index (χ3n) is 7.31. The molecule has 3 aromatic rings. The average molecular weight is 568 g/mol. The summed E-state index contributed by atoms with van der Waals surface area (Å²) in [4.78, 5) is 36.9. The Morgan fingerprint density at radius 3 is 1.90 bits per heavy atom. The molecule has 0 bridgehead atoms. The fraction of sp³-hybridized carbons (Fsp3) is 0.306. The van der Waals surface area contributed by atoms with Gasteiger partial charge in [0.25, 0.3) is 11.8 Å². The Bertz CT molecular complexity index is 1360. The van der Waals surface area contributed by atoms with Crippen LogP contribution in [0.5, 0.6) is 0 Å². The molecule has 218 valence electrons. The van der Waals surface area contributed by atoms with E-state index in [-0.39, 0.29) is 23.4 Å². The van der Waals surface area contributed by atoms with Gasteiger partial charge in [-0.1, -0.05) is 81.0 Å². The predicted molar refractivity (Wildman–Crippen MR) is 165 cm³/mol. The lowest BCUT2D eigenvalue weighted by Gasteiger charge is -2.14. The van der Waals surface area contributed by atoms with Crippen molar-refractivity contribution in [1.82, 2.24) is 0 Å². The number of ether oxygens (including phenoxy) is 1. The van der Waals surface area contributed by atoms with Crippen molar-refractivity contribution in [3.8, 4) is 0 Å². The summed E-state index contributed by atoms with van der Waals surface area (Å²) in [5, 5.41) is 0. The molecule has 1 heterocycles. The summed E-state index contributed by atoms with van der Waals surface area (Å²) in [7, 11) is 0. The molecule has 0 atom stereocenters. The van der Waals surface area contributed by atoms with Gasteiger partial charge in [0.1, 0.15) is 5.82 Å². The normalized spacial score (nSPS) is 13.0. The quantitative estimate of drug-likeness (QED) is 0.0717. The van der Waals surface area contributed by atoms with Crippen molar-refractivity contribution in [2.45, 2.75) is 64.4 Å². The third kappa shape index (κ3) is 9.74. The first kappa shape index (κ1) is 30.8. The van der Waals surface area contributed by atoms with E-state index in [2.05, 4.69) is 12.1 Å². The van der Waals surface area contributed by atoms with Crippen molar-refractivity contribution in [2.75, 3.05) is 11.5 Å². The van der Waals surface area contributed by atoms with Crippen LogP contribution >= 0.6 is 0 Å². The molecule has 1 aliphatic rings.